The number of anilines is 1. The first-order chi connectivity index (χ1) is 16.6. The molecular weight excluding hydrogens is 499 g/mol. The molecule has 0 aliphatic heterocycles. The third-order valence-corrected chi connectivity index (χ3v) is 6.63. The molecule has 0 saturated heterocycles. The van der Waals surface area contributed by atoms with Crippen LogP contribution in [0.1, 0.15) is 33.5 Å². The average Bonchev–Trinajstić information content (AvgIpc) is 3.27. The lowest BCUT2D eigenvalue weighted by Gasteiger charge is -2.13. The smallest absolute Gasteiger partial charge is 0.331 e. The number of aryl methyl sites for hydroxylation is 2. The Bertz CT molecular complexity index is 1630. The van der Waals surface area contributed by atoms with E-state index < -0.39 is 17.3 Å². The Morgan fingerprint density at radius 1 is 1.03 bits per heavy atom. The second-order valence-corrected chi connectivity index (χ2v) is 9.08. The number of nitrogens with zero attached hydrogens (tertiary/aromatic N) is 1. The number of carbonyl (C=O) groups is 1. The Hall–Kier alpha value is -3.43. The van der Waals surface area contributed by atoms with Gasteiger partial charge in [-0.15, -0.1) is 0 Å². The fourth-order valence-electron chi connectivity index (χ4n) is 4.29. The molecule has 0 unspecified atom stereocenters. The van der Waals surface area contributed by atoms with Gasteiger partial charge in [0.15, 0.2) is 4.77 Å². The van der Waals surface area contributed by atoms with Gasteiger partial charge in [-0.1, -0.05) is 17.7 Å². The number of benzene rings is 3. The van der Waals surface area contributed by atoms with Crippen LogP contribution in [0.4, 0.5) is 18.9 Å². The molecule has 2 N–H and O–H groups in total. The van der Waals surface area contributed by atoms with E-state index in [-0.39, 0.29) is 37.9 Å². The van der Waals surface area contributed by atoms with Crippen molar-refractivity contribution >= 4 is 46.3 Å². The van der Waals surface area contributed by atoms with Crippen LogP contribution >= 0.6 is 23.8 Å². The van der Waals surface area contributed by atoms with Crippen LogP contribution in [0.15, 0.2) is 59.4 Å². The number of fused-ring (bicyclic) bond motifs is 2. The summed E-state index contributed by atoms with van der Waals surface area (Å²) in [6, 6.07) is 12.9. The Labute approximate surface area is 207 Å². The van der Waals surface area contributed by atoms with Gasteiger partial charge >= 0.3 is 6.18 Å². The molecule has 0 radical (unpaired) electrons. The summed E-state index contributed by atoms with van der Waals surface area (Å²) < 4.78 is 40.4. The van der Waals surface area contributed by atoms with E-state index in [0.29, 0.717) is 5.69 Å². The standard InChI is InChI=1S/C25H17ClF3N3O2S/c26-19-9-6-16(25(27,28)29)12-21(19)32-23(34)18-8-5-15(11-20(18)31-24(32)35)22(33)30-17-7-4-13-2-1-3-14(13)10-17/h4-12H,1-3H2,(H,30,33)(H,31,35). The lowest BCUT2D eigenvalue weighted by molar-refractivity contribution is -0.137. The monoisotopic (exact) mass is 515 g/mol. The Balaban J connectivity index is 1.52. The molecule has 0 bridgehead atoms. The molecule has 0 atom stereocenters. The van der Waals surface area contributed by atoms with Crippen molar-refractivity contribution in [2.75, 3.05) is 5.32 Å². The molecule has 1 amide bonds. The van der Waals surface area contributed by atoms with E-state index in [0.717, 1.165) is 42.0 Å². The number of halogens is 4. The first-order valence-electron chi connectivity index (χ1n) is 10.7. The van der Waals surface area contributed by atoms with Gasteiger partial charge in [0, 0.05) is 11.3 Å². The van der Waals surface area contributed by atoms with Crippen molar-refractivity contribution in [3.8, 4) is 5.69 Å². The van der Waals surface area contributed by atoms with Crippen LogP contribution < -0.4 is 10.9 Å². The third kappa shape index (κ3) is 4.37. The predicted octanol–water partition coefficient (Wildman–Crippen LogP) is 6.46. The fourth-order valence-corrected chi connectivity index (χ4v) is 4.78. The highest BCUT2D eigenvalue weighted by atomic mass is 35.5. The molecule has 5 nitrogen and oxygen atoms in total. The van der Waals surface area contributed by atoms with Crippen molar-refractivity contribution in [2.24, 2.45) is 0 Å². The normalized spacial score (nSPS) is 13.1. The van der Waals surface area contributed by atoms with Crippen molar-refractivity contribution < 1.29 is 18.0 Å². The minimum Gasteiger partial charge on any atom is -0.331 e. The van der Waals surface area contributed by atoms with Gasteiger partial charge in [0.2, 0.25) is 0 Å². The largest absolute Gasteiger partial charge is 0.416 e. The molecule has 0 spiro atoms. The van der Waals surface area contributed by atoms with E-state index in [1.54, 1.807) is 0 Å². The number of hydrogen-bond acceptors (Lipinski definition) is 3. The molecule has 1 aromatic heterocycles. The summed E-state index contributed by atoms with van der Waals surface area (Å²) >= 11 is 11.4. The number of aromatic amines is 1. The van der Waals surface area contributed by atoms with Crippen LogP contribution in [-0.4, -0.2) is 15.5 Å². The number of alkyl halides is 3. The molecule has 3 aromatic carbocycles. The maximum atomic E-state index is 13.2. The SMILES string of the molecule is O=C(Nc1ccc2c(c1)CCC2)c1ccc2c(=O)n(-c3cc(C(F)(F)F)ccc3Cl)c(=S)[nH]c2c1. The average molecular weight is 516 g/mol. The van der Waals surface area contributed by atoms with Gasteiger partial charge in [-0.05, 0) is 91.1 Å². The second-order valence-electron chi connectivity index (χ2n) is 8.29. The summed E-state index contributed by atoms with van der Waals surface area (Å²) in [5.74, 6) is -0.366. The number of rotatable bonds is 3. The Morgan fingerprint density at radius 2 is 1.80 bits per heavy atom. The molecule has 178 valence electrons. The zero-order chi connectivity index (χ0) is 24.9. The quantitative estimate of drug-likeness (QED) is 0.308. The highest BCUT2D eigenvalue weighted by molar-refractivity contribution is 7.71. The molecule has 0 saturated carbocycles. The Kier molecular flexibility index (Phi) is 5.77. The number of amides is 1. The lowest BCUT2D eigenvalue weighted by Crippen LogP contribution is -2.22. The molecule has 0 fully saturated rings. The summed E-state index contributed by atoms with van der Waals surface area (Å²) in [4.78, 5) is 28.8. The van der Waals surface area contributed by atoms with Gasteiger partial charge in [-0.25, -0.2) is 0 Å². The first kappa shape index (κ1) is 23.3. The van der Waals surface area contributed by atoms with E-state index >= 15 is 0 Å². The van der Waals surface area contributed by atoms with Crippen molar-refractivity contribution in [1.82, 2.24) is 9.55 Å². The molecule has 10 heteroatoms. The number of hydrogen-bond donors (Lipinski definition) is 2. The maximum Gasteiger partial charge on any atom is 0.416 e. The van der Waals surface area contributed by atoms with E-state index in [4.69, 9.17) is 23.8 Å². The van der Waals surface area contributed by atoms with Crippen LogP contribution in [0, 0.1) is 4.77 Å². The Morgan fingerprint density at radius 3 is 2.57 bits per heavy atom. The number of H-pyrrole nitrogens is 1. The topological polar surface area (TPSA) is 66.9 Å². The third-order valence-electron chi connectivity index (χ3n) is 6.03. The van der Waals surface area contributed by atoms with E-state index in [1.807, 2.05) is 18.2 Å². The minimum atomic E-state index is -4.62. The van der Waals surface area contributed by atoms with Gasteiger partial charge < -0.3 is 10.3 Å². The maximum absolute atomic E-state index is 13.2. The first-order valence-corrected chi connectivity index (χ1v) is 11.5. The van der Waals surface area contributed by atoms with Crippen LogP contribution in [0.5, 0.6) is 0 Å². The zero-order valence-corrected chi connectivity index (χ0v) is 19.6. The van der Waals surface area contributed by atoms with Gasteiger partial charge in [-0.2, -0.15) is 13.2 Å². The lowest BCUT2D eigenvalue weighted by atomic mass is 10.1. The molecule has 1 aliphatic rings. The molecule has 1 aliphatic carbocycles. The molecule has 4 aromatic rings. The van der Waals surface area contributed by atoms with Crippen LogP contribution in [0.3, 0.4) is 0 Å². The zero-order valence-electron chi connectivity index (χ0n) is 18.0. The second kappa shape index (κ2) is 8.66. The number of aromatic nitrogens is 2. The summed E-state index contributed by atoms with van der Waals surface area (Å²) in [5, 5.41) is 2.94. The molecular formula is C25H17ClF3N3O2S. The highest BCUT2D eigenvalue weighted by Crippen LogP contribution is 2.33. The number of carbonyl (C=O) groups excluding carboxylic acids is 1. The molecule has 35 heavy (non-hydrogen) atoms. The fraction of sp³-hybridized carbons (Fsp3) is 0.160. The van der Waals surface area contributed by atoms with E-state index in [1.165, 1.54) is 29.3 Å². The summed E-state index contributed by atoms with van der Waals surface area (Å²) in [6.45, 7) is 0. The van der Waals surface area contributed by atoms with Gasteiger partial charge in [-0.3, -0.25) is 14.2 Å². The van der Waals surface area contributed by atoms with Gasteiger partial charge in [0.25, 0.3) is 11.5 Å². The van der Waals surface area contributed by atoms with Crippen molar-refractivity contribution in [2.45, 2.75) is 25.4 Å². The summed E-state index contributed by atoms with van der Waals surface area (Å²) in [5.41, 5.74) is 1.95. The predicted molar refractivity (Wildman–Crippen MR) is 131 cm³/mol. The van der Waals surface area contributed by atoms with Crippen LogP contribution in [0.2, 0.25) is 5.02 Å². The minimum absolute atomic E-state index is 0.0655. The summed E-state index contributed by atoms with van der Waals surface area (Å²) in [7, 11) is 0. The molecule has 1 heterocycles. The van der Waals surface area contributed by atoms with Crippen LogP contribution in [0.25, 0.3) is 16.6 Å². The highest BCUT2D eigenvalue weighted by Gasteiger charge is 2.31. The van der Waals surface area contributed by atoms with E-state index in [2.05, 4.69) is 10.3 Å². The van der Waals surface area contributed by atoms with Crippen molar-refractivity contribution in [1.29, 1.82) is 0 Å². The van der Waals surface area contributed by atoms with Crippen LogP contribution in [-0.2, 0) is 19.0 Å². The molecule has 5 rings (SSSR count). The van der Waals surface area contributed by atoms with E-state index in [9.17, 15) is 22.8 Å². The van der Waals surface area contributed by atoms with Crippen molar-refractivity contribution in [3.05, 3.63) is 97.0 Å². The summed E-state index contributed by atoms with van der Waals surface area (Å²) in [6.07, 6.45) is -1.50. The van der Waals surface area contributed by atoms with Gasteiger partial charge in [0.05, 0.1) is 27.2 Å². The van der Waals surface area contributed by atoms with Gasteiger partial charge in [0.1, 0.15) is 0 Å². The van der Waals surface area contributed by atoms with Crippen molar-refractivity contribution in [3.63, 3.8) is 0 Å². The number of nitrogens with one attached hydrogen (secondary N) is 2.